The molecule has 35 heavy (non-hydrogen) atoms. The highest BCUT2D eigenvalue weighted by molar-refractivity contribution is 5.28. The van der Waals surface area contributed by atoms with Crippen LogP contribution in [0, 0.1) is 5.41 Å². The van der Waals surface area contributed by atoms with Crippen molar-refractivity contribution in [3.63, 3.8) is 0 Å². The summed E-state index contributed by atoms with van der Waals surface area (Å²) in [4.78, 5) is 6.79. The fraction of sp³-hybridized carbons (Fsp3) is 0.786. The Bertz CT molecular complexity index is 824. The summed E-state index contributed by atoms with van der Waals surface area (Å²) in [7, 11) is 1.73. The van der Waals surface area contributed by atoms with Crippen molar-refractivity contribution >= 4 is 0 Å². The summed E-state index contributed by atoms with van der Waals surface area (Å²) in [6.45, 7) is 16.6. The number of ether oxygens (including phenoxy) is 5. The Morgan fingerprint density at radius 3 is 2.20 bits per heavy atom. The number of rotatable bonds is 10. The van der Waals surface area contributed by atoms with Crippen molar-refractivity contribution in [1.82, 2.24) is 5.06 Å². The van der Waals surface area contributed by atoms with Gasteiger partial charge >= 0.3 is 0 Å². The van der Waals surface area contributed by atoms with Crippen molar-refractivity contribution in [2.45, 2.75) is 96.3 Å². The number of epoxide rings is 1. The van der Waals surface area contributed by atoms with Gasteiger partial charge in [-0.25, -0.2) is 0 Å². The highest BCUT2D eigenvalue weighted by atomic mass is 16.7. The Balaban J connectivity index is 1.48. The van der Waals surface area contributed by atoms with Crippen molar-refractivity contribution in [3.8, 4) is 5.75 Å². The van der Waals surface area contributed by atoms with Gasteiger partial charge < -0.3 is 23.7 Å². The second kappa shape index (κ2) is 10.3. The van der Waals surface area contributed by atoms with Crippen LogP contribution in [0.15, 0.2) is 24.3 Å². The van der Waals surface area contributed by atoms with Crippen LogP contribution in [0.25, 0.3) is 0 Å². The van der Waals surface area contributed by atoms with Crippen LogP contribution in [0.5, 0.6) is 5.75 Å². The van der Waals surface area contributed by atoms with Crippen LogP contribution in [-0.2, 0) is 23.8 Å². The molecule has 0 aromatic heterocycles. The first-order valence-electron chi connectivity index (χ1n) is 13.2. The normalized spacial score (nSPS) is 32.9. The summed E-state index contributed by atoms with van der Waals surface area (Å²) in [5, 5.41) is 2.26. The number of methoxy groups -OCH3 is 1. The first-order chi connectivity index (χ1) is 16.6. The molecule has 198 valence electrons. The Labute approximate surface area is 211 Å². The Hall–Kier alpha value is -1.22. The molecule has 2 atom stereocenters. The maximum atomic E-state index is 6.79. The van der Waals surface area contributed by atoms with Gasteiger partial charge in [0.1, 0.15) is 24.6 Å². The monoisotopic (exact) mass is 491 g/mol. The molecule has 7 nitrogen and oxygen atoms in total. The largest absolute Gasteiger partial charge is 0.491 e. The van der Waals surface area contributed by atoms with Crippen molar-refractivity contribution in [3.05, 3.63) is 29.8 Å². The van der Waals surface area contributed by atoms with E-state index < -0.39 is 5.79 Å². The molecule has 2 unspecified atom stereocenters. The number of piperidine rings is 1. The zero-order valence-electron chi connectivity index (χ0n) is 22.7. The van der Waals surface area contributed by atoms with E-state index in [1.165, 1.54) is 0 Å². The first kappa shape index (κ1) is 26.8. The third-order valence-corrected chi connectivity index (χ3v) is 7.91. The predicted octanol–water partition coefficient (Wildman–Crippen LogP) is 5.29. The average Bonchev–Trinajstić information content (AvgIpc) is 3.66. The molecular formula is C28H45NO6. The Kier molecular flexibility index (Phi) is 7.87. The van der Waals surface area contributed by atoms with Gasteiger partial charge in [-0.3, -0.25) is 4.84 Å². The second-order valence-corrected chi connectivity index (χ2v) is 11.7. The van der Waals surface area contributed by atoms with E-state index in [1.54, 1.807) is 7.11 Å². The molecule has 3 fully saturated rings. The number of nitrogens with zero attached hydrogens (tertiary/aromatic N) is 1. The third kappa shape index (κ3) is 5.86. The third-order valence-electron chi connectivity index (χ3n) is 7.91. The number of hydrogen-bond acceptors (Lipinski definition) is 7. The zero-order chi connectivity index (χ0) is 25.3. The first-order valence-corrected chi connectivity index (χ1v) is 13.2. The highest BCUT2D eigenvalue weighted by Crippen LogP contribution is 2.52. The summed E-state index contributed by atoms with van der Waals surface area (Å²) >= 11 is 0. The molecule has 1 spiro atoms. The molecule has 0 aliphatic carbocycles. The van der Waals surface area contributed by atoms with Crippen LogP contribution >= 0.6 is 0 Å². The molecule has 0 bridgehead atoms. The minimum atomic E-state index is -0.601. The minimum absolute atomic E-state index is 0.0974. The van der Waals surface area contributed by atoms with Gasteiger partial charge in [0.2, 0.25) is 0 Å². The smallest absolute Gasteiger partial charge is 0.172 e. The van der Waals surface area contributed by atoms with Crippen molar-refractivity contribution < 1.29 is 28.5 Å². The van der Waals surface area contributed by atoms with E-state index in [0.29, 0.717) is 26.4 Å². The van der Waals surface area contributed by atoms with E-state index in [9.17, 15) is 0 Å². The second-order valence-electron chi connectivity index (χ2n) is 11.7. The fourth-order valence-electron chi connectivity index (χ4n) is 5.79. The van der Waals surface area contributed by atoms with Gasteiger partial charge in [0.05, 0.1) is 32.0 Å². The van der Waals surface area contributed by atoms with E-state index >= 15 is 0 Å². The van der Waals surface area contributed by atoms with Gasteiger partial charge in [-0.05, 0) is 51.3 Å². The number of benzene rings is 1. The minimum Gasteiger partial charge on any atom is -0.491 e. The summed E-state index contributed by atoms with van der Waals surface area (Å²) in [5.74, 6) is 0.260. The molecule has 0 amide bonds. The van der Waals surface area contributed by atoms with Crippen LogP contribution in [0.4, 0.5) is 0 Å². The fourth-order valence-corrected chi connectivity index (χ4v) is 5.79. The van der Waals surface area contributed by atoms with Crippen molar-refractivity contribution in [2.75, 3.05) is 40.1 Å². The lowest BCUT2D eigenvalue weighted by atomic mass is 9.72. The summed E-state index contributed by atoms with van der Waals surface area (Å²) in [5.41, 5.74) is 0.534. The maximum absolute atomic E-state index is 6.79. The molecule has 0 radical (unpaired) electrons. The van der Waals surface area contributed by atoms with Gasteiger partial charge in [-0.15, -0.1) is 0 Å². The van der Waals surface area contributed by atoms with Crippen LogP contribution in [0.3, 0.4) is 0 Å². The van der Waals surface area contributed by atoms with Crippen LogP contribution in [0.1, 0.15) is 78.9 Å². The summed E-state index contributed by atoms with van der Waals surface area (Å²) in [6, 6.07) is 8.22. The lowest BCUT2D eigenvalue weighted by Gasteiger charge is -2.61. The standard InChI is InChI=1S/C28H45NO6/c1-8-27(9-2)17-28(33-19-26(6,18-30-7)20-34-28)16-25(4,5)29(27)35-21(3)22-10-12-23(13-11-22)31-14-24-15-32-24/h10-13,21,24H,8-9,14-20H2,1-7H3. The van der Waals surface area contributed by atoms with Crippen LogP contribution in [-0.4, -0.2) is 68.2 Å². The highest BCUT2D eigenvalue weighted by Gasteiger charge is 2.59. The molecule has 3 aliphatic rings. The lowest BCUT2D eigenvalue weighted by Crippen LogP contribution is -2.69. The van der Waals surface area contributed by atoms with E-state index in [4.69, 9.17) is 28.5 Å². The van der Waals surface area contributed by atoms with Crippen molar-refractivity contribution in [2.24, 2.45) is 5.41 Å². The summed E-state index contributed by atoms with van der Waals surface area (Å²) in [6.07, 6.45) is 3.57. The lowest BCUT2D eigenvalue weighted by molar-refractivity contribution is -0.395. The maximum Gasteiger partial charge on any atom is 0.172 e. The topological polar surface area (TPSA) is 61.9 Å². The van der Waals surface area contributed by atoms with Gasteiger partial charge in [-0.2, -0.15) is 5.06 Å². The van der Waals surface area contributed by atoms with Gasteiger partial charge in [0, 0.05) is 30.9 Å². The van der Waals surface area contributed by atoms with E-state index in [0.717, 1.165) is 43.6 Å². The molecule has 1 aromatic rings. The Morgan fingerprint density at radius 2 is 1.66 bits per heavy atom. The number of hydroxylamine groups is 2. The van der Waals surface area contributed by atoms with Gasteiger partial charge in [0.15, 0.2) is 5.79 Å². The van der Waals surface area contributed by atoms with Gasteiger partial charge in [-0.1, -0.05) is 32.9 Å². The molecule has 1 aromatic carbocycles. The van der Waals surface area contributed by atoms with E-state index in [1.807, 2.05) is 12.1 Å². The van der Waals surface area contributed by atoms with E-state index in [-0.39, 0.29) is 28.7 Å². The van der Waals surface area contributed by atoms with Crippen LogP contribution < -0.4 is 4.74 Å². The van der Waals surface area contributed by atoms with Gasteiger partial charge in [0.25, 0.3) is 0 Å². The quantitative estimate of drug-likeness (QED) is 0.412. The van der Waals surface area contributed by atoms with E-state index in [2.05, 4.69) is 58.7 Å². The zero-order valence-corrected chi connectivity index (χ0v) is 22.7. The molecule has 3 saturated heterocycles. The molecule has 3 aliphatic heterocycles. The predicted molar refractivity (Wildman–Crippen MR) is 134 cm³/mol. The van der Waals surface area contributed by atoms with Crippen molar-refractivity contribution in [1.29, 1.82) is 0 Å². The SMILES string of the molecule is CCC1(CC)CC2(CC(C)(C)N1OC(C)c1ccc(OCC3CO3)cc1)OCC(C)(COC)CO2. The van der Waals surface area contributed by atoms with Crippen LogP contribution in [0.2, 0.25) is 0 Å². The summed E-state index contributed by atoms with van der Waals surface area (Å²) < 4.78 is 29.6. The molecule has 7 heteroatoms. The molecule has 3 heterocycles. The molecule has 0 N–H and O–H groups in total. The molecule has 0 saturated carbocycles. The molecular weight excluding hydrogens is 446 g/mol. The molecule has 4 rings (SSSR count). The Morgan fingerprint density at radius 1 is 1.03 bits per heavy atom. The number of hydrogen-bond donors (Lipinski definition) is 0. The average molecular weight is 492 g/mol.